The molecule has 64 heavy (non-hydrogen) atoms. The molecule has 330 valence electrons. The zero-order valence-electron chi connectivity index (χ0n) is 38.2. The predicted octanol–water partition coefficient (Wildman–Crippen LogP) is 17.8. The van der Waals surface area contributed by atoms with E-state index in [1.807, 2.05) is 0 Å². The van der Waals surface area contributed by atoms with Crippen LogP contribution in [0.4, 0.5) is 0 Å². The van der Waals surface area contributed by atoms with Gasteiger partial charge in [-0.25, -0.2) is 0 Å². The molecule has 10 rings (SSSR count). The molecule has 6 aromatic rings. The first-order valence-corrected chi connectivity index (χ1v) is 38.0. The topological polar surface area (TPSA) is 0 Å². The van der Waals surface area contributed by atoms with Gasteiger partial charge in [-0.1, -0.05) is 0 Å². The molecular weight excluding hydrogens is 911 g/mol. The maximum atomic E-state index is 2.94. The molecular formula is C60H68Cl2SiZr. The van der Waals surface area contributed by atoms with Crippen molar-refractivity contribution >= 4 is 43.8 Å². The molecule has 0 N–H and O–H groups in total. The number of allylic oxidation sites excluding steroid dienone is 2. The van der Waals surface area contributed by atoms with E-state index in [4.69, 9.17) is 0 Å². The number of hydrogen-bond donors (Lipinski definition) is 0. The Morgan fingerprint density at radius 3 is 0.984 bits per heavy atom. The summed E-state index contributed by atoms with van der Waals surface area (Å²) >= 11 is -4.24. The fourth-order valence-electron chi connectivity index (χ4n) is 13.1. The fourth-order valence-corrected chi connectivity index (χ4v) is 32.6. The van der Waals surface area contributed by atoms with E-state index in [9.17, 15) is 0 Å². The Morgan fingerprint density at radius 1 is 0.391 bits per heavy atom. The van der Waals surface area contributed by atoms with Gasteiger partial charge in [0.2, 0.25) is 0 Å². The van der Waals surface area contributed by atoms with E-state index in [2.05, 4.69) is 174 Å². The molecule has 0 nitrogen and oxygen atoms in total. The molecule has 0 radical (unpaired) electrons. The number of benzene rings is 6. The summed E-state index contributed by atoms with van der Waals surface area (Å²) in [6.07, 6.45) is 24.7. The Hall–Kier alpha value is -3.52. The first-order chi connectivity index (χ1) is 30.3. The van der Waals surface area contributed by atoms with Gasteiger partial charge >= 0.3 is 378 Å². The standard InChI is InChI=1S/2C29H29.2CH3.2ClH.H2Si.Zr/c2*1-2-6-12-22(11-5-1)19-23-20-28-26(24-13-7-3-8-14-24)17-18-27(29(28)21-23)25-15-9-4-10-16-25;;;;;;/h2*3-4,7-10,13-18,20-22H,1-2,5-6,11-12,19H2;2*1H3;2*1H;1H2;. The summed E-state index contributed by atoms with van der Waals surface area (Å²) in [5, 5.41) is 0. The summed E-state index contributed by atoms with van der Waals surface area (Å²) in [6, 6.07) is 55.6. The summed E-state index contributed by atoms with van der Waals surface area (Å²) in [4.78, 5) is 0. The zero-order valence-corrected chi connectivity index (χ0v) is 43.7. The van der Waals surface area contributed by atoms with Gasteiger partial charge in [0.1, 0.15) is 0 Å². The molecule has 0 bridgehead atoms. The van der Waals surface area contributed by atoms with Crippen LogP contribution in [0.2, 0.25) is 9.26 Å². The van der Waals surface area contributed by atoms with E-state index in [0.717, 1.165) is 11.8 Å². The maximum absolute atomic E-state index is 4.24. The second kappa shape index (κ2) is 20.1. The molecule has 2 fully saturated rings. The Kier molecular flexibility index (Phi) is 14.8. The Morgan fingerprint density at radius 2 is 0.672 bits per heavy atom. The van der Waals surface area contributed by atoms with Crippen LogP contribution in [0.1, 0.15) is 119 Å². The third kappa shape index (κ3) is 9.26. The van der Waals surface area contributed by atoms with E-state index >= 15 is 0 Å². The Labute approximate surface area is 399 Å². The summed E-state index contributed by atoms with van der Waals surface area (Å²) in [6.45, 7) is 2.59. The van der Waals surface area contributed by atoms with Crippen LogP contribution in [0.15, 0.2) is 157 Å². The number of rotatable bonds is 10. The Bertz CT molecular complexity index is 2480. The number of fused-ring (bicyclic) bond motifs is 2. The molecule has 0 spiro atoms. The molecule has 4 heteroatoms. The average molecular weight is 979 g/mol. The van der Waals surface area contributed by atoms with Crippen LogP contribution in [-0.2, 0) is 17.4 Å². The second-order valence-electron chi connectivity index (χ2n) is 20.8. The molecule has 0 amide bonds. The van der Waals surface area contributed by atoms with Gasteiger partial charge in [-0.3, -0.25) is 0 Å². The van der Waals surface area contributed by atoms with E-state index in [1.54, 1.807) is 22.3 Å². The van der Waals surface area contributed by atoms with Crippen molar-refractivity contribution in [3.05, 3.63) is 179 Å². The van der Waals surface area contributed by atoms with E-state index in [-0.39, 0.29) is 24.8 Å². The third-order valence-corrected chi connectivity index (χ3v) is 33.2. The summed E-state index contributed by atoms with van der Waals surface area (Å²) < 4.78 is 6.75. The minimum atomic E-state index is -4.24. The normalized spacial score (nSPS) is 19.2. The van der Waals surface area contributed by atoms with Gasteiger partial charge in [0.05, 0.1) is 0 Å². The van der Waals surface area contributed by atoms with Gasteiger partial charge in [0.25, 0.3) is 0 Å². The van der Waals surface area contributed by atoms with Gasteiger partial charge in [-0.2, -0.15) is 0 Å². The summed E-state index contributed by atoms with van der Waals surface area (Å²) in [5.41, 5.74) is 21.0. The van der Waals surface area contributed by atoms with Crippen molar-refractivity contribution < 1.29 is 17.4 Å². The van der Waals surface area contributed by atoms with Crippen molar-refractivity contribution in [2.45, 2.75) is 106 Å². The molecule has 0 aliphatic heterocycles. The molecule has 0 saturated heterocycles. The van der Waals surface area contributed by atoms with E-state index in [0.29, 0.717) is 7.25 Å². The van der Waals surface area contributed by atoms with Crippen LogP contribution in [0, 0.1) is 11.8 Å². The van der Waals surface area contributed by atoms with Crippen molar-refractivity contribution in [1.29, 1.82) is 0 Å². The number of halogens is 2. The molecule has 2 saturated carbocycles. The van der Waals surface area contributed by atoms with Crippen molar-refractivity contribution in [2.24, 2.45) is 11.8 Å². The molecule has 4 aliphatic carbocycles. The van der Waals surface area contributed by atoms with Crippen LogP contribution in [0.5, 0.6) is 0 Å². The monoisotopic (exact) mass is 976 g/mol. The summed E-state index contributed by atoms with van der Waals surface area (Å²) in [5.74, 6) is 1.52. The SMILES string of the molecule is Cl.Cl.[CH3][Zr]([CH3])(=[SiH2])([CH]1C(CC2CCCCCC2)=Cc2c(-c3ccccc3)ccc(-c3ccccc3)c21)[CH]1C(CC2CCCCCC2)=Cc2c(-c3ccccc3)ccc(-c3ccccc3)c21. The van der Waals surface area contributed by atoms with E-state index < -0.39 is 17.4 Å². The molecule has 6 aromatic carbocycles. The van der Waals surface area contributed by atoms with Crippen molar-refractivity contribution in [1.82, 2.24) is 0 Å². The van der Waals surface area contributed by atoms with Crippen molar-refractivity contribution in [3.63, 3.8) is 0 Å². The van der Waals surface area contributed by atoms with Gasteiger partial charge < -0.3 is 0 Å². The van der Waals surface area contributed by atoms with Crippen LogP contribution in [0.25, 0.3) is 56.7 Å². The minimum absolute atomic E-state index is 0. The average Bonchev–Trinajstić information content (AvgIpc) is 3.64. The second-order valence-corrected chi connectivity index (χ2v) is 51.3. The van der Waals surface area contributed by atoms with Crippen LogP contribution in [0.3, 0.4) is 0 Å². The van der Waals surface area contributed by atoms with Crippen molar-refractivity contribution in [2.75, 3.05) is 0 Å². The summed E-state index contributed by atoms with van der Waals surface area (Å²) in [7, 11) is 0. The third-order valence-electron chi connectivity index (χ3n) is 15.8. The first kappa shape index (κ1) is 47.0. The fraction of sp³-hybridized carbons (Fsp3) is 0.333. The van der Waals surface area contributed by atoms with Gasteiger partial charge in [0.15, 0.2) is 0 Å². The van der Waals surface area contributed by atoms with Crippen LogP contribution >= 0.6 is 24.8 Å². The van der Waals surface area contributed by atoms with Crippen molar-refractivity contribution in [3.8, 4) is 44.5 Å². The van der Waals surface area contributed by atoms with Gasteiger partial charge in [0, 0.05) is 0 Å². The molecule has 0 aromatic heterocycles. The molecule has 4 aliphatic rings. The van der Waals surface area contributed by atoms with Gasteiger partial charge in [-0.05, 0) is 0 Å². The molecule has 2 atom stereocenters. The zero-order chi connectivity index (χ0) is 42.1. The first-order valence-electron chi connectivity index (χ1n) is 24.4. The number of hydrogen-bond acceptors (Lipinski definition) is 0. The predicted molar refractivity (Wildman–Crippen MR) is 282 cm³/mol. The molecule has 0 heterocycles. The molecule has 2 unspecified atom stereocenters. The van der Waals surface area contributed by atoms with Gasteiger partial charge in [-0.15, -0.1) is 24.8 Å². The van der Waals surface area contributed by atoms with E-state index in [1.165, 1.54) is 146 Å². The Balaban J connectivity index is 0.00000280. The quantitative estimate of drug-likeness (QED) is 0.0948. The van der Waals surface area contributed by atoms with Crippen LogP contribution < -0.4 is 0 Å². The van der Waals surface area contributed by atoms with Crippen LogP contribution in [-0.4, -0.2) is 6.88 Å².